The van der Waals surface area contributed by atoms with E-state index in [2.05, 4.69) is 21.3 Å². The van der Waals surface area contributed by atoms with E-state index in [1.807, 2.05) is 0 Å². The van der Waals surface area contributed by atoms with E-state index in [1.165, 1.54) is 18.7 Å². The number of amides is 6. The van der Waals surface area contributed by atoms with Crippen LogP contribution in [0.2, 0.25) is 0 Å². The maximum absolute atomic E-state index is 12.3. The van der Waals surface area contributed by atoms with Gasteiger partial charge in [-0.3, -0.25) is 33.7 Å². The fraction of sp³-hybridized carbons (Fsp3) is 0.727. The lowest BCUT2D eigenvalue weighted by Crippen LogP contribution is -2.54. The van der Waals surface area contributed by atoms with Gasteiger partial charge in [-0.25, -0.2) is 0 Å². The maximum Gasteiger partial charge on any atom is 0.242 e. The fourth-order valence-corrected chi connectivity index (χ4v) is 3.33. The normalized spacial score (nSPS) is 18.3. The van der Waals surface area contributed by atoms with Crippen molar-refractivity contribution >= 4 is 35.4 Å². The molecule has 1 rings (SSSR count). The Kier molecular flexibility index (Phi) is 11.5. The van der Waals surface area contributed by atoms with Crippen molar-refractivity contribution in [3.05, 3.63) is 0 Å². The summed E-state index contributed by atoms with van der Waals surface area (Å²) in [5, 5.41) is 10.2. The highest BCUT2D eigenvalue weighted by atomic mass is 16.2. The minimum absolute atomic E-state index is 0.140. The molecule has 0 aliphatic carbocycles. The van der Waals surface area contributed by atoms with Gasteiger partial charge in [-0.2, -0.15) is 0 Å². The highest BCUT2D eigenvalue weighted by Crippen LogP contribution is 2.19. The van der Waals surface area contributed by atoms with Crippen LogP contribution in [0.5, 0.6) is 0 Å². The van der Waals surface area contributed by atoms with E-state index in [4.69, 9.17) is 0 Å². The third-order valence-corrected chi connectivity index (χ3v) is 5.38. The van der Waals surface area contributed by atoms with Crippen molar-refractivity contribution in [3.63, 3.8) is 0 Å². The Bertz CT molecular complexity index is 756. The lowest BCUT2D eigenvalue weighted by Gasteiger charge is -2.20. The van der Waals surface area contributed by atoms with Crippen molar-refractivity contribution in [2.75, 3.05) is 13.1 Å². The fourth-order valence-electron chi connectivity index (χ4n) is 3.33. The Balaban J connectivity index is 2.28. The first-order valence-corrected chi connectivity index (χ1v) is 11.5. The predicted molar refractivity (Wildman–Crippen MR) is 120 cm³/mol. The second-order valence-corrected chi connectivity index (χ2v) is 8.44. The summed E-state index contributed by atoms with van der Waals surface area (Å²) in [6.07, 6.45) is 2.31. The molecule has 0 aromatic rings. The van der Waals surface area contributed by atoms with Gasteiger partial charge in [0.05, 0.1) is 0 Å². The highest BCUT2D eigenvalue weighted by molar-refractivity contribution is 6.03. The average molecular weight is 468 g/mol. The number of unbranched alkanes of at least 4 members (excludes halogenated alkanes) is 2. The van der Waals surface area contributed by atoms with E-state index < -0.39 is 29.9 Å². The molecule has 1 aliphatic heterocycles. The lowest BCUT2D eigenvalue weighted by molar-refractivity contribution is -0.139. The number of hydrogen-bond donors (Lipinski definition) is 4. The topological polar surface area (TPSA) is 154 Å². The number of nitrogens with zero attached hydrogens (tertiary/aromatic N) is 1. The van der Waals surface area contributed by atoms with Crippen molar-refractivity contribution in [2.45, 2.75) is 84.8 Å². The quantitative estimate of drug-likeness (QED) is 0.213. The van der Waals surface area contributed by atoms with E-state index in [1.54, 1.807) is 20.8 Å². The molecule has 0 radical (unpaired) electrons. The molecule has 0 aromatic carbocycles. The summed E-state index contributed by atoms with van der Waals surface area (Å²) < 4.78 is 0. The molecule has 33 heavy (non-hydrogen) atoms. The van der Waals surface area contributed by atoms with Gasteiger partial charge in [-0.1, -0.05) is 13.3 Å². The molecule has 4 atom stereocenters. The molecule has 1 heterocycles. The second-order valence-electron chi connectivity index (χ2n) is 8.44. The first-order valence-electron chi connectivity index (χ1n) is 11.5. The van der Waals surface area contributed by atoms with Crippen LogP contribution in [0.25, 0.3) is 0 Å². The van der Waals surface area contributed by atoms with Gasteiger partial charge >= 0.3 is 0 Å². The Labute approximate surface area is 194 Å². The molecule has 1 aliphatic rings. The second kappa shape index (κ2) is 13.5. The molecule has 1 fully saturated rings. The summed E-state index contributed by atoms with van der Waals surface area (Å²) in [5.74, 6) is -2.19. The van der Waals surface area contributed by atoms with Gasteiger partial charge in [0.1, 0.15) is 18.1 Å². The van der Waals surface area contributed by atoms with Crippen LogP contribution in [0.3, 0.4) is 0 Å². The molecular weight excluding hydrogens is 430 g/mol. The van der Waals surface area contributed by atoms with E-state index in [0.717, 1.165) is 0 Å². The first kappa shape index (κ1) is 28.1. The molecule has 6 amide bonds. The standard InChI is InChI=1S/C22H37N5O6/c1-6-23-19(30)14(3)25-21(32)16(5)26-20(31)15(4)24-17(28)10-8-7-9-11-27-18(29)12-13(2)22(27)33/h13-16H,6-12H2,1-5H3,(H,23,30)(H,24,28)(H,25,32)(H,26,31)/t13?,14-,15-,16-/m0/s1. The van der Waals surface area contributed by atoms with Crippen LogP contribution in [0, 0.1) is 5.92 Å². The largest absolute Gasteiger partial charge is 0.355 e. The lowest BCUT2D eigenvalue weighted by atomic mass is 10.1. The van der Waals surface area contributed by atoms with Crippen LogP contribution in [-0.2, 0) is 28.8 Å². The molecule has 0 spiro atoms. The van der Waals surface area contributed by atoms with Crippen LogP contribution >= 0.6 is 0 Å². The van der Waals surface area contributed by atoms with Gasteiger partial charge in [-0.15, -0.1) is 0 Å². The zero-order valence-electron chi connectivity index (χ0n) is 20.2. The highest BCUT2D eigenvalue weighted by Gasteiger charge is 2.34. The molecule has 4 N–H and O–H groups in total. The third kappa shape index (κ3) is 9.19. The Hall–Kier alpha value is -2.98. The summed E-state index contributed by atoms with van der Waals surface area (Å²) in [7, 11) is 0. The molecule has 0 saturated carbocycles. The number of likely N-dealkylation sites (N-methyl/N-ethyl adjacent to an activating group) is 1. The summed E-state index contributed by atoms with van der Waals surface area (Å²) in [5.41, 5.74) is 0. The minimum atomic E-state index is -0.882. The predicted octanol–water partition coefficient (Wildman–Crippen LogP) is -0.408. The summed E-state index contributed by atoms with van der Waals surface area (Å²) in [4.78, 5) is 73.1. The summed E-state index contributed by atoms with van der Waals surface area (Å²) in [6, 6.07) is -2.46. The third-order valence-electron chi connectivity index (χ3n) is 5.38. The molecule has 1 unspecified atom stereocenters. The zero-order chi connectivity index (χ0) is 25.1. The van der Waals surface area contributed by atoms with Crippen molar-refractivity contribution in [1.29, 1.82) is 0 Å². The van der Waals surface area contributed by atoms with Crippen LogP contribution in [0.1, 0.15) is 66.7 Å². The monoisotopic (exact) mass is 467 g/mol. The number of carbonyl (C=O) groups is 6. The number of carbonyl (C=O) groups excluding carboxylic acids is 6. The van der Waals surface area contributed by atoms with Crippen molar-refractivity contribution in [1.82, 2.24) is 26.2 Å². The summed E-state index contributed by atoms with van der Waals surface area (Å²) >= 11 is 0. The molecule has 186 valence electrons. The molecule has 0 bridgehead atoms. The number of rotatable bonds is 13. The van der Waals surface area contributed by atoms with E-state index in [9.17, 15) is 28.8 Å². The smallest absolute Gasteiger partial charge is 0.242 e. The molecular formula is C22H37N5O6. The Morgan fingerprint density at radius 1 is 0.879 bits per heavy atom. The minimum Gasteiger partial charge on any atom is -0.355 e. The Morgan fingerprint density at radius 2 is 1.42 bits per heavy atom. The number of nitrogens with one attached hydrogen (secondary N) is 4. The molecule has 11 heteroatoms. The zero-order valence-corrected chi connectivity index (χ0v) is 20.2. The van der Waals surface area contributed by atoms with Gasteiger partial charge in [0, 0.05) is 31.8 Å². The van der Waals surface area contributed by atoms with Crippen LogP contribution in [-0.4, -0.2) is 71.6 Å². The molecule has 1 saturated heterocycles. The van der Waals surface area contributed by atoms with E-state index in [-0.39, 0.29) is 42.4 Å². The van der Waals surface area contributed by atoms with Crippen molar-refractivity contribution in [2.24, 2.45) is 5.92 Å². The maximum atomic E-state index is 12.3. The van der Waals surface area contributed by atoms with Crippen LogP contribution in [0.4, 0.5) is 0 Å². The SMILES string of the molecule is CCNC(=O)[C@H](C)NC(=O)[C@H](C)NC(=O)[C@H](C)NC(=O)CCCCCN1C(=O)CC(C)C1=O. The first-order chi connectivity index (χ1) is 15.5. The average Bonchev–Trinajstić information content (AvgIpc) is 2.98. The Morgan fingerprint density at radius 3 is 1.94 bits per heavy atom. The van der Waals surface area contributed by atoms with Gasteiger partial charge in [-0.05, 0) is 40.5 Å². The van der Waals surface area contributed by atoms with Gasteiger partial charge in [0.15, 0.2) is 0 Å². The van der Waals surface area contributed by atoms with Crippen molar-refractivity contribution < 1.29 is 28.8 Å². The van der Waals surface area contributed by atoms with Crippen LogP contribution in [0.15, 0.2) is 0 Å². The molecule has 11 nitrogen and oxygen atoms in total. The summed E-state index contributed by atoms with van der Waals surface area (Å²) in [6.45, 7) is 8.86. The number of hydrogen-bond acceptors (Lipinski definition) is 6. The van der Waals surface area contributed by atoms with Gasteiger partial charge < -0.3 is 21.3 Å². The van der Waals surface area contributed by atoms with Gasteiger partial charge in [0.2, 0.25) is 35.4 Å². The van der Waals surface area contributed by atoms with E-state index in [0.29, 0.717) is 32.4 Å². The van der Waals surface area contributed by atoms with Gasteiger partial charge in [0.25, 0.3) is 0 Å². The number of likely N-dealkylation sites (tertiary alicyclic amines) is 1. The van der Waals surface area contributed by atoms with E-state index >= 15 is 0 Å². The van der Waals surface area contributed by atoms with Crippen molar-refractivity contribution in [3.8, 4) is 0 Å². The molecule has 0 aromatic heterocycles. The van der Waals surface area contributed by atoms with Crippen LogP contribution < -0.4 is 21.3 Å². The number of imide groups is 1.